The van der Waals surface area contributed by atoms with Gasteiger partial charge in [-0.3, -0.25) is 4.79 Å². The van der Waals surface area contributed by atoms with Gasteiger partial charge in [0.1, 0.15) is 11.6 Å². The van der Waals surface area contributed by atoms with Crippen molar-refractivity contribution in [2.75, 3.05) is 22.5 Å². The van der Waals surface area contributed by atoms with Crippen molar-refractivity contribution in [3.05, 3.63) is 35.4 Å². The lowest BCUT2D eigenvalue weighted by Crippen LogP contribution is -2.19. The first kappa shape index (κ1) is 17.0. The predicted octanol–water partition coefficient (Wildman–Crippen LogP) is 2.89. The average Bonchev–Trinajstić information content (AvgIpc) is 3.08. The third-order valence-corrected chi connectivity index (χ3v) is 4.43. The normalized spacial score (nSPS) is 12.6. The highest BCUT2D eigenvalue weighted by Gasteiger charge is 2.20. The molecule has 0 spiro atoms. The second-order valence-corrected chi connectivity index (χ2v) is 6.12. The number of rotatable bonds is 7. The molecule has 1 aromatic carbocycles. The minimum atomic E-state index is -0.443. The molecule has 0 bridgehead atoms. The SMILES string of the molecule is CCC(CC)Nc1nc(Nc2ccc(C(N)=O)cc2)nc2c1CCN2. The smallest absolute Gasteiger partial charge is 0.248 e. The van der Waals surface area contributed by atoms with Crippen LogP contribution in [0.25, 0.3) is 0 Å². The van der Waals surface area contributed by atoms with Gasteiger partial charge in [0.25, 0.3) is 0 Å². The molecule has 5 N–H and O–H groups in total. The molecular formula is C18H24N6O. The van der Waals surface area contributed by atoms with Crippen molar-refractivity contribution in [1.29, 1.82) is 0 Å². The van der Waals surface area contributed by atoms with Crippen LogP contribution in [-0.4, -0.2) is 28.5 Å². The number of nitrogens with one attached hydrogen (secondary N) is 3. The summed E-state index contributed by atoms with van der Waals surface area (Å²) < 4.78 is 0. The van der Waals surface area contributed by atoms with Gasteiger partial charge in [-0.1, -0.05) is 13.8 Å². The number of amides is 1. The highest BCUT2D eigenvalue weighted by atomic mass is 16.1. The summed E-state index contributed by atoms with van der Waals surface area (Å²) in [6.45, 7) is 5.21. The molecule has 0 radical (unpaired) electrons. The number of carbonyl (C=O) groups excluding carboxylic acids is 1. The summed E-state index contributed by atoms with van der Waals surface area (Å²) in [6.07, 6.45) is 3.01. The number of nitrogens with zero attached hydrogens (tertiary/aromatic N) is 2. The van der Waals surface area contributed by atoms with E-state index >= 15 is 0 Å². The van der Waals surface area contributed by atoms with E-state index in [1.54, 1.807) is 24.3 Å². The van der Waals surface area contributed by atoms with Crippen LogP contribution in [0.4, 0.5) is 23.3 Å². The standard InChI is InChI=1S/C18H24N6O/c1-3-12(4-2)21-17-14-9-10-20-16(14)23-18(24-17)22-13-7-5-11(6-8-13)15(19)25/h5-8,12H,3-4,9-10H2,1-2H3,(H2,19,25)(H3,20,21,22,23,24). The summed E-state index contributed by atoms with van der Waals surface area (Å²) >= 11 is 0. The van der Waals surface area contributed by atoms with Crippen LogP contribution < -0.4 is 21.7 Å². The Kier molecular flexibility index (Phi) is 5.02. The first-order valence-electron chi connectivity index (χ1n) is 8.69. The molecule has 25 heavy (non-hydrogen) atoms. The second kappa shape index (κ2) is 7.38. The molecule has 0 atom stereocenters. The lowest BCUT2D eigenvalue weighted by Gasteiger charge is -2.18. The second-order valence-electron chi connectivity index (χ2n) is 6.12. The molecule has 1 amide bonds. The minimum absolute atomic E-state index is 0.391. The Hall–Kier alpha value is -2.83. The number of benzene rings is 1. The summed E-state index contributed by atoms with van der Waals surface area (Å²) in [5.41, 5.74) is 7.68. The summed E-state index contributed by atoms with van der Waals surface area (Å²) in [6, 6.07) is 7.33. The molecular weight excluding hydrogens is 316 g/mol. The Labute approximate surface area is 147 Å². The summed E-state index contributed by atoms with van der Waals surface area (Å²) in [5, 5.41) is 10.0. The molecule has 132 valence electrons. The molecule has 0 saturated carbocycles. The molecule has 7 nitrogen and oxygen atoms in total. The van der Waals surface area contributed by atoms with E-state index in [0.29, 0.717) is 17.6 Å². The zero-order chi connectivity index (χ0) is 17.8. The molecule has 3 rings (SSSR count). The Morgan fingerprint density at radius 2 is 1.96 bits per heavy atom. The van der Waals surface area contributed by atoms with Crippen molar-refractivity contribution in [1.82, 2.24) is 9.97 Å². The van der Waals surface area contributed by atoms with Crippen molar-refractivity contribution in [2.45, 2.75) is 39.2 Å². The molecule has 0 fully saturated rings. The molecule has 0 saturated heterocycles. The topological polar surface area (TPSA) is 105 Å². The van der Waals surface area contributed by atoms with Crippen molar-refractivity contribution < 1.29 is 4.79 Å². The molecule has 7 heteroatoms. The van der Waals surface area contributed by atoms with Crippen molar-refractivity contribution in [2.24, 2.45) is 5.73 Å². The van der Waals surface area contributed by atoms with Crippen LogP contribution in [0.5, 0.6) is 0 Å². The van der Waals surface area contributed by atoms with Gasteiger partial charge in [0.05, 0.1) is 0 Å². The fraction of sp³-hybridized carbons (Fsp3) is 0.389. The van der Waals surface area contributed by atoms with E-state index in [0.717, 1.165) is 48.7 Å². The van der Waals surface area contributed by atoms with Crippen LogP contribution in [0.3, 0.4) is 0 Å². The maximum absolute atomic E-state index is 11.2. The lowest BCUT2D eigenvalue weighted by atomic mass is 10.1. The van der Waals surface area contributed by atoms with Crippen LogP contribution >= 0.6 is 0 Å². The Morgan fingerprint density at radius 1 is 1.24 bits per heavy atom. The van der Waals surface area contributed by atoms with E-state index in [-0.39, 0.29) is 0 Å². The van der Waals surface area contributed by atoms with Crippen LogP contribution in [0.1, 0.15) is 42.6 Å². The molecule has 1 aliphatic heterocycles. The van der Waals surface area contributed by atoms with Gasteiger partial charge >= 0.3 is 0 Å². The minimum Gasteiger partial charge on any atom is -0.369 e. The quantitative estimate of drug-likeness (QED) is 0.618. The van der Waals surface area contributed by atoms with Gasteiger partial charge in [0.15, 0.2) is 0 Å². The number of nitrogens with two attached hydrogens (primary N) is 1. The van der Waals surface area contributed by atoms with Gasteiger partial charge in [0.2, 0.25) is 11.9 Å². The molecule has 0 aliphatic carbocycles. The molecule has 0 unspecified atom stereocenters. The number of hydrogen-bond acceptors (Lipinski definition) is 6. The predicted molar refractivity (Wildman–Crippen MR) is 100 cm³/mol. The Balaban J connectivity index is 1.85. The summed E-state index contributed by atoms with van der Waals surface area (Å²) in [7, 11) is 0. The number of carbonyl (C=O) groups is 1. The fourth-order valence-electron chi connectivity index (χ4n) is 2.88. The largest absolute Gasteiger partial charge is 0.369 e. The number of primary amides is 1. The van der Waals surface area contributed by atoms with E-state index in [4.69, 9.17) is 5.73 Å². The van der Waals surface area contributed by atoms with E-state index in [1.807, 2.05) is 0 Å². The van der Waals surface area contributed by atoms with Gasteiger partial charge in [-0.25, -0.2) is 0 Å². The number of hydrogen-bond donors (Lipinski definition) is 4. The Bertz CT molecular complexity index is 755. The number of aromatic nitrogens is 2. The molecule has 1 aliphatic rings. The van der Waals surface area contributed by atoms with Gasteiger partial charge in [-0.15, -0.1) is 0 Å². The van der Waals surface area contributed by atoms with E-state index in [9.17, 15) is 4.79 Å². The third kappa shape index (κ3) is 3.81. The average molecular weight is 340 g/mol. The monoisotopic (exact) mass is 340 g/mol. The van der Waals surface area contributed by atoms with E-state index in [1.165, 1.54) is 0 Å². The zero-order valence-corrected chi connectivity index (χ0v) is 14.6. The van der Waals surface area contributed by atoms with Gasteiger partial charge in [0, 0.05) is 29.4 Å². The molecule has 1 aromatic heterocycles. The first-order valence-corrected chi connectivity index (χ1v) is 8.69. The van der Waals surface area contributed by atoms with Crippen LogP contribution in [0.2, 0.25) is 0 Å². The van der Waals surface area contributed by atoms with Gasteiger partial charge < -0.3 is 21.7 Å². The van der Waals surface area contributed by atoms with Gasteiger partial charge in [-0.05, 0) is 43.5 Å². The first-order chi connectivity index (χ1) is 12.1. The van der Waals surface area contributed by atoms with Gasteiger partial charge in [-0.2, -0.15) is 9.97 Å². The molecule has 2 heterocycles. The maximum atomic E-state index is 11.2. The lowest BCUT2D eigenvalue weighted by molar-refractivity contribution is 0.100. The van der Waals surface area contributed by atoms with Crippen molar-refractivity contribution in [3.63, 3.8) is 0 Å². The van der Waals surface area contributed by atoms with Crippen molar-refractivity contribution in [3.8, 4) is 0 Å². The summed E-state index contributed by atoms with van der Waals surface area (Å²) in [4.78, 5) is 20.4. The fourth-order valence-corrected chi connectivity index (χ4v) is 2.88. The van der Waals surface area contributed by atoms with Crippen LogP contribution in [0, 0.1) is 0 Å². The zero-order valence-electron chi connectivity index (χ0n) is 14.6. The number of anilines is 4. The third-order valence-electron chi connectivity index (χ3n) is 4.43. The summed E-state index contributed by atoms with van der Waals surface area (Å²) in [5.74, 6) is 1.84. The Morgan fingerprint density at radius 3 is 2.60 bits per heavy atom. The maximum Gasteiger partial charge on any atom is 0.248 e. The van der Waals surface area contributed by atoms with Crippen molar-refractivity contribution >= 4 is 29.2 Å². The van der Waals surface area contributed by atoms with Crippen LogP contribution in [-0.2, 0) is 6.42 Å². The van der Waals surface area contributed by atoms with Crippen LogP contribution in [0.15, 0.2) is 24.3 Å². The highest BCUT2D eigenvalue weighted by Crippen LogP contribution is 2.29. The highest BCUT2D eigenvalue weighted by molar-refractivity contribution is 5.93. The molecule has 2 aromatic rings. The number of fused-ring (bicyclic) bond motifs is 1. The van der Waals surface area contributed by atoms with E-state index < -0.39 is 5.91 Å². The van der Waals surface area contributed by atoms with E-state index in [2.05, 4.69) is 39.8 Å².